The van der Waals surface area contributed by atoms with E-state index in [4.69, 9.17) is 0 Å². The van der Waals surface area contributed by atoms with E-state index in [-0.39, 0.29) is 5.41 Å². The Labute approximate surface area is 415 Å². The largest absolute Gasteiger partial charge is 0.307 e. The molecule has 0 N–H and O–H groups in total. The van der Waals surface area contributed by atoms with Crippen LogP contribution in [0.15, 0.2) is 200 Å². The molecule has 0 unspecified atom stereocenters. The minimum absolute atomic E-state index is 0.239. The summed E-state index contributed by atoms with van der Waals surface area (Å²) in [5, 5.41) is 32.5. The smallest absolute Gasteiger partial charge is 0.104 e. The lowest BCUT2D eigenvalue weighted by Crippen LogP contribution is -2.16. The first-order valence-corrected chi connectivity index (χ1v) is 24.9. The molecule has 15 rings (SSSR count). The van der Waals surface area contributed by atoms with Crippen molar-refractivity contribution in [3.63, 3.8) is 0 Å². The summed E-state index contributed by atoms with van der Waals surface area (Å²) < 4.78 is 6.99. The normalized spacial score (nSPS) is 13.4. The van der Waals surface area contributed by atoms with E-state index in [9.17, 15) is 10.5 Å². The third-order valence-corrected chi connectivity index (χ3v) is 16.2. The van der Waals surface area contributed by atoms with Crippen LogP contribution < -0.4 is 0 Å². The lowest BCUT2D eigenvalue weighted by atomic mass is 9.82. The lowest BCUT2D eigenvalue weighted by molar-refractivity contribution is 0.660. The summed E-state index contributed by atoms with van der Waals surface area (Å²) in [4.78, 5) is 0. The third-order valence-electron chi connectivity index (χ3n) is 16.2. The maximum absolute atomic E-state index is 12.5. The molecule has 10 aromatic carbocycles. The number of aromatic nitrogens is 3. The summed E-state index contributed by atoms with van der Waals surface area (Å²) in [6.07, 6.45) is 1.76. The average molecular weight is 918 g/mol. The number of fused-ring (bicyclic) bond motifs is 16. The molecular weight excluding hydrogens is 875 g/mol. The van der Waals surface area contributed by atoms with Crippen molar-refractivity contribution in [2.75, 3.05) is 0 Å². The molecule has 2 aliphatic carbocycles. The van der Waals surface area contributed by atoms with Gasteiger partial charge in [0.05, 0.1) is 50.3 Å². The Bertz CT molecular complexity index is 4580. The van der Waals surface area contributed by atoms with Gasteiger partial charge in [-0.2, -0.15) is 10.5 Å². The van der Waals surface area contributed by atoms with Gasteiger partial charge in [0.1, 0.15) is 23.3 Å². The van der Waals surface area contributed by atoms with Gasteiger partial charge < -0.3 is 13.7 Å². The van der Waals surface area contributed by atoms with Gasteiger partial charge in [-0.3, -0.25) is 0 Å². The summed E-state index contributed by atoms with van der Waals surface area (Å²) in [6.45, 7) is 4.63. The number of benzene rings is 10. The van der Waals surface area contributed by atoms with E-state index in [1.54, 1.807) is 0 Å². The molecule has 0 bridgehead atoms. The SMILES string of the molecule is CC1(C)c2ccccc2-c2cc(-c3c(-n4c5c(c6ccccc64)CCc4ccccc4-5)c(C#N)c(-n4c5ccccc5c5ccccc54)c(C#N)c3-n3c4ccccc4c4ccc5ccccc5c43)ccc21. The predicted molar refractivity (Wildman–Crippen MR) is 295 cm³/mol. The fourth-order valence-corrected chi connectivity index (χ4v) is 13.2. The third kappa shape index (κ3) is 5.24. The van der Waals surface area contributed by atoms with Crippen LogP contribution in [0.4, 0.5) is 0 Å². The Morgan fingerprint density at radius 2 is 0.944 bits per heavy atom. The zero-order chi connectivity index (χ0) is 48.0. The summed E-state index contributed by atoms with van der Waals surface area (Å²) >= 11 is 0. The second kappa shape index (κ2) is 14.8. The predicted octanol–water partition coefficient (Wildman–Crippen LogP) is 16.5. The van der Waals surface area contributed by atoms with Gasteiger partial charge >= 0.3 is 0 Å². The first kappa shape index (κ1) is 40.5. The summed E-state index contributed by atoms with van der Waals surface area (Å²) in [5.41, 5.74) is 18.9. The minimum Gasteiger partial charge on any atom is -0.307 e. The number of para-hydroxylation sites is 4. The number of aryl methyl sites for hydroxylation is 2. The summed E-state index contributed by atoms with van der Waals surface area (Å²) in [7, 11) is 0. The zero-order valence-corrected chi connectivity index (χ0v) is 39.7. The second-order valence-electron chi connectivity index (χ2n) is 20.1. The van der Waals surface area contributed by atoms with Crippen molar-refractivity contribution in [1.29, 1.82) is 10.5 Å². The Hall–Kier alpha value is -9.42. The van der Waals surface area contributed by atoms with E-state index < -0.39 is 0 Å². The molecule has 3 aromatic heterocycles. The van der Waals surface area contributed by atoms with Crippen molar-refractivity contribution in [3.05, 3.63) is 234 Å². The zero-order valence-electron chi connectivity index (χ0n) is 39.7. The van der Waals surface area contributed by atoms with Gasteiger partial charge in [0.2, 0.25) is 0 Å². The number of nitrogens with zero attached hydrogens (tertiary/aromatic N) is 5. The van der Waals surface area contributed by atoms with Crippen molar-refractivity contribution in [2.45, 2.75) is 32.1 Å². The molecule has 0 radical (unpaired) electrons. The highest BCUT2D eigenvalue weighted by Crippen LogP contribution is 2.54. The van der Waals surface area contributed by atoms with Crippen LogP contribution in [0.5, 0.6) is 0 Å². The van der Waals surface area contributed by atoms with Crippen molar-refractivity contribution in [1.82, 2.24) is 13.7 Å². The molecule has 0 fully saturated rings. The van der Waals surface area contributed by atoms with Gasteiger partial charge in [-0.25, -0.2) is 0 Å². The van der Waals surface area contributed by atoms with Crippen LogP contribution in [0.3, 0.4) is 0 Å². The van der Waals surface area contributed by atoms with Crippen LogP contribution in [0.25, 0.3) is 116 Å². The van der Waals surface area contributed by atoms with Crippen LogP contribution in [0.2, 0.25) is 0 Å². The number of hydrogen-bond donors (Lipinski definition) is 0. The maximum Gasteiger partial charge on any atom is 0.104 e. The minimum atomic E-state index is -0.239. The van der Waals surface area contributed by atoms with Crippen LogP contribution >= 0.6 is 0 Å². The molecule has 13 aromatic rings. The van der Waals surface area contributed by atoms with Gasteiger partial charge in [-0.1, -0.05) is 184 Å². The number of hydrogen-bond acceptors (Lipinski definition) is 2. The van der Waals surface area contributed by atoms with Gasteiger partial charge in [-0.15, -0.1) is 0 Å². The molecule has 0 aliphatic heterocycles. The van der Waals surface area contributed by atoms with E-state index in [2.05, 4.69) is 240 Å². The van der Waals surface area contributed by atoms with E-state index in [1.165, 1.54) is 27.8 Å². The van der Waals surface area contributed by atoms with Gasteiger partial charge in [-0.05, 0) is 87.5 Å². The highest BCUT2D eigenvalue weighted by Gasteiger charge is 2.38. The Morgan fingerprint density at radius 3 is 1.64 bits per heavy atom. The van der Waals surface area contributed by atoms with Crippen LogP contribution in [-0.2, 0) is 18.3 Å². The van der Waals surface area contributed by atoms with Crippen LogP contribution in [0, 0.1) is 22.7 Å². The molecule has 2 aliphatic rings. The summed E-state index contributed by atoms with van der Waals surface area (Å²) in [5.74, 6) is 0. The quantitative estimate of drug-likeness (QED) is 0.177. The van der Waals surface area contributed by atoms with E-state index in [0.717, 1.165) is 117 Å². The molecular formula is C67H43N5. The standard InChI is InChI=1S/C67H43N5/c1-67(2)55-26-12-7-21-45(55)52-37-42(33-36-56(52)67)61-65(71-59-29-15-10-24-48(59)50-34-31-40-17-3-5-19-43(40)62(50)71)53(38-68)64(70-57-27-13-8-22-46(57)47-23-9-14-28-58(47)70)54(39-69)66(61)72-60-30-16-11-25-49(60)51-35-32-41-18-4-6-20-44(41)63(51)72/h3-31,33-34,36-37H,32,35H2,1-2H3. The van der Waals surface area contributed by atoms with Gasteiger partial charge in [0.25, 0.3) is 0 Å². The first-order chi connectivity index (χ1) is 35.5. The molecule has 3 heterocycles. The lowest BCUT2D eigenvalue weighted by Gasteiger charge is -2.28. The number of nitriles is 2. The molecule has 0 saturated carbocycles. The van der Waals surface area contributed by atoms with Crippen LogP contribution in [-0.4, -0.2) is 13.7 Å². The molecule has 5 heteroatoms. The van der Waals surface area contributed by atoms with Gasteiger partial charge in [0, 0.05) is 48.9 Å². The Balaban J connectivity index is 1.25. The van der Waals surface area contributed by atoms with Crippen molar-refractivity contribution in [3.8, 4) is 62.7 Å². The van der Waals surface area contributed by atoms with E-state index >= 15 is 0 Å². The molecule has 0 saturated heterocycles. The maximum atomic E-state index is 12.5. The Morgan fingerprint density at radius 1 is 0.417 bits per heavy atom. The molecule has 0 atom stereocenters. The number of rotatable bonds is 4. The molecule has 336 valence electrons. The van der Waals surface area contributed by atoms with Crippen molar-refractivity contribution >= 4 is 65.3 Å². The first-order valence-electron chi connectivity index (χ1n) is 24.9. The molecule has 72 heavy (non-hydrogen) atoms. The second-order valence-corrected chi connectivity index (χ2v) is 20.1. The fourth-order valence-electron chi connectivity index (χ4n) is 13.2. The summed E-state index contributed by atoms with van der Waals surface area (Å²) in [6, 6.07) is 77.4. The molecule has 0 spiro atoms. The van der Waals surface area contributed by atoms with E-state index in [1.807, 2.05) is 0 Å². The van der Waals surface area contributed by atoms with Gasteiger partial charge in [0.15, 0.2) is 0 Å². The Kier molecular flexibility index (Phi) is 8.32. The van der Waals surface area contributed by atoms with Crippen molar-refractivity contribution in [2.24, 2.45) is 0 Å². The van der Waals surface area contributed by atoms with Crippen molar-refractivity contribution < 1.29 is 0 Å². The molecule has 5 nitrogen and oxygen atoms in total. The van der Waals surface area contributed by atoms with Crippen LogP contribution in [0.1, 0.15) is 47.2 Å². The van der Waals surface area contributed by atoms with E-state index in [0.29, 0.717) is 16.8 Å². The fraction of sp³-hybridized carbons (Fsp3) is 0.0746. The highest BCUT2D eigenvalue weighted by atomic mass is 15.1. The molecule has 0 amide bonds. The topological polar surface area (TPSA) is 62.4 Å². The monoisotopic (exact) mass is 917 g/mol. The highest BCUT2D eigenvalue weighted by molar-refractivity contribution is 6.20. The average Bonchev–Trinajstić information content (AvgIpc) is 4.13.